The summed E-state index contributed by atoms with van der Waals surface area (Å²) >= 11 is 0. The number of amides is 2. The molecular weight excluding hydrogens is 474 g/mol. The van der Waals surface area contributed by atoms with Crippen LogP contribution in [0.4, 0.5) is 0 Å². The standard InChI is InChI=1S/C28H39N3O4S/c1-4-26(28(33)29-24-11-8-9-12-24)31(21-23-18-16-22(2)17-19-23)27(32)15-10-20-30(3)36(34,35)25-13-6-5-7-14-25/h5-7,13-14,16-19,24,26H,4,8-12,15,20-21H2,1-3H3,(H,29,33). The van der Waals surface area contributed by atoms with Crippen molar-refractivity contribution in [1.29, 1.82) is 0 Å². The van der Waals surface area contributed by atoms with Crippen molar-refractivity contribution in [2.45, 2.75) is 82.3 Å². The number of hydrogen-bond donors (Lipinski definition) is 1. The summed E-state index contributed by atoms with van der Waals surface area (Å²) in [5.74, 6) is -0.247. The molecule has 1 N–H and O–H groups in total. The molecular formula is C28H39N3O4S. The monoisotopic (exact) mass is 513 g/mol. The fraction of sp³-hybridized carbons (Fsp3) is 0.500. The zero-order valence-corrected chi connectivity index (χ0v) is 22.5. The first-order chi connectivity index (χ1) is 17.2. The molecule has 8 heteroatoms. The summed E-state index contributed by atoms with van der Waals surface area (Å²) < 4.78 is 26.9. The highest BCUT2D eigenvalue weighted by Gasteiger charge is 2.30. The highest BCUT2D eigenvalue weighted by molar-refractivity contribution is 7.89. The van der Waals surface area contributed by atoms with Crippen LogP contribution in [0.3, 0.4) is 0 Å². The first-order valence-electron chi connectivity index (χ1n) is 12.9. The SMILES string of the molecule is CCC(C(=O)NC1CCCC1)N(Cc1ccc(C)cc1)C(=O)CCCN(C)S(=O)(=O)c1ccccc1. The Balaban J connectivity index is 1.68. The zero-order valence-electron chi connectivity index (χ0n) is 21.7. The Labute approximate surface area is 215 Å². The van der Waals surface area contributed by atoms with Gasteiger partial charge in [0.2, 0.25) is 21.8 Å². The van der Waals surface area contributed by atoms with Gasteiger partial charge in [-0.15, -0.1) is 0 Å². The number of rotatable bonds is 12. The Kier molecular flexibility index (Phi) is 10.1. The van der Waals surface area contributed by atoms with Gasteiger partial charge in [0, 0.05) is 32.6 Å². The second-order valence-corrected chi connectivity index (χ2v) is 11.7. The van der Waals surface area contributed by atoms with Crippen LogP contribution in [0.25, 0.3) is 0 Å². The zero-order chi connectivity index (χ0) is 26.1. The molecule has 2 amide bonds. The van der Waals surface area contributed by atoms with E-state index < -0.39 is 16.1 Å². The van der Waals surface area contributed by atoms with Crippen molar-refractivity contribution in [3.63, 3.8) is 0 Å². The van der Waals surface area contributed by atoms with Crippen molar-refractivity contribution in [2.75, 3.05) is 13.6 Å². The van der Waals surface area contributed by atoms with Crippen LogP contribution in [-0.4, -0.2) is 55.1 Å². The van der Waals surface area contributed by atoms with Gasteiger partial charge < -0.3 is 10.2 Å². The van der Waals surface area contributed by atoms with Crippen molar-refractivity contribution in [1.82, 2.24) is 14.5 Å². The molecule has 1 fully saturated rings. The highest BCUT2D eigenvalue weighted by atomic mass is 32.2. The van der Waals surface area contributed by atoms with Crippen molar-refractivity contribution < 1.29 is 18.0 Å². The van der Waals surface area contributed by atoms with Crippen LogP contribution in [0.5, 0.6) is 0 Å². The molecule has 0 saturated heterocycles. The van der Waals surface area contributed by atoms with E-state index in [1.807, 2.05) is 38.1 Å². The summed E-state index contributed by atoms with van der Waals surface area (Å²) in [5, 5.41) is 3.15. The maximum Gasteiger partial charge on any atom is 0.243 e. The molecule has 0 aromatic heterocycles. The van der Waals surface area contributed by atoms with Crippen LogP contribution in [0.1, 0.15) is 63.0 Å². The van der Waals surface area contributed by atoms with Crippen molar-refractivity contribution >= 4 is 21.8 Å². The topological polar surface area (TPSA) is 86.8 Å². The molecule has 7 nitrogen and oxygen atoms in total. The normalized spacial score (nSPS) is 15.1. The molecule has 196 valence electrons. The van der Waals surface area contributed by atoms with E-state index in [1.54, 1.807) is 35.2 Å². The van der Waals surface area contributed by atoms with E-state index in [-0.39, 0.29) is 35.7 Å². The average molecular weight is 514 g/mol. The van der Waals surface area contributed by atoms with Gasteiger partial charge in [-0.1, -0.05) is 67.8 Å². The van der Waals surface area contributed by atoms with Gasteiger partial charge in [0.15, 0.2) is 0 Å². The van der Waals surface area contributed by atoms with Gasteiger partial charge >= 0.3 is 0 Å². The number of hydrogen-bond acceptors (Lipinski definition) is 4. The molecule has 1 aliphatic rings. The van der Waals surface area contributed by atoms with Gasteiger partial charge in [-0.2, -0.15) is 0 Å². The van der Waals surface area contributed by atoms with Gasteiger partial charge in [-0.25, -0.2) is 12.7 Å². The number of aryl methyl sites for hydroxylation is 1. The third-order valence-corrected chi connectivity index (χ3v) is 8.75. The molecule has 0 heterocycles. The van der Waals surface area contributed by atoms with Crippen LogP contribution in [-0.2, 0) is 26.2 Å². The molecule has 0 aliphatic heterocycles. The second kappa shape index (κ2) is 13.0. The minimum atomic E-state index is -3.61. The van der Waals surface area contributed by atoms with Crippen molar-refractivity contribution in [2.24, 2.45) is 0 Å². The van der Waals surface area contributed by atoms with Gasteiger partial charge in [0.1, 0.15) is 6.04 Å². The van der Waals surface area contributed by atoms with E-state index in [0.29, 0.717) is 19.4 Å². The smallest absolute Gasteiger partial charge is 0.243 e. The Bertz CT molecular complexity index is 1100. The van der Waals surface area contributed by atoms with Crippen LogP contribution in [0.2, 0.25) is 0 Å². The molecule has 36 heavy (non-hydrogen) atoms. The van der Waals surface area contributed by atoms with Crippen LogP contribution >= 0.6 is 0 Å². The van der Waals surface area contributed by atoms with Gasteiger partial charge in [-0.3, -0.25) is 9.59 Å². The van der Waals surface area contributed by atoms with E-state index in [0.717, 1.165) is 36.8 Å². The predicted octanol–water partition coefficient (Wildman–Crippen LogP) is 4.26. The summed E-state index contributed by atoms with van der Waals surface area (Å²) in [6, 6.07) is 15.9. The summed E-state index contributed by atoms with van der Waals surface area (Å²) in [4.78, 5) is 28.5. The van der Waals surface area contributed by atoms with Gasteiger partial charge in [0.05, 0.1) is 4.90 Å². The summed E-state index contributed by atoms with van der Waals surface area (Å²) in [5.41, 5.74) is 2.09. The van der Waals surface area contributed by atoms with Crippen LogP contribution < -0.4 is 5.32 Å². The molecule has 0 bridgehead atoms. The largest absolute Gasteiger partial charge is 0.352 e. The fourth-order valence-electron chi connectivity index (χ4n) is 4.67. The number of nitrogens with zero attached hydrogens (tertiary/aromatic N) is 2. The summed E-state index contributed by atoms with van der Waals surface area (Å²) in [7, 11) is -2.08. The quantitative estimate of drug-likeness (QED) is 0.459. The van der Waals surface area contributed by atoms with E-state index in [9.17, 15) is 18.0 Å². The maximum absolute atomic E-state index is 13.4. The molecule has 2 aromatic carbocycles. The second-order valence-electron chi connectivity index (χ2n) is 9.66. The lowest BCUT2D eigenvalue weighted by Gasteiger charge is -2.32. The number of carbonyl (C=O) groups excluding carboxylic acids is 2. The average Bonchev–Trinajstić information content (AvgIpc) is 3.38. The lowest BCUT2D eigenvalue weighted by molar-refractivity contribution is -0.141. The third kappa shape index (κ3) is 7.40. The fourth-order valence-corrected chi connectivity index (χ4v) is 5.90. The lowest BCUT2D eigenvalue weighted by Crippen LogP contribution is -2.51. The summed E-state index contributed by atoms with van der Waals surface area (Å²) in [6.45, 7) is 4.49. The first-order valence-corrected chi connectivity index (χ1v) is 14.3. The lowest BCUT2D eigenvalue weighted by atomic mass is 10.1. The maximum atomic E-state index is 13.4. The van der Waals surface area contributed by atoms with E-state index >= 15 is 0 Å². The Morgan fingerprint density at radius 1 is 1.03 bits per heavy atom. The Morgan fingerprint density at radius 2 is 1.67 bits per heavy atom. The van der Waals surface area contributed by atoms with Crippen molar-refractivity contribution in [3.8, 4) is 0 Å². The van der Waals surface area contributed by atoms with E-state index in [2.05, 4.69) is 5.32 Å². The Morgan fingerprint density at radius 3 is 2.28 bits per heavy atom. The molecule has 1 atom stereocenters. The molecule has 2 aromatic rings. The highest BCUT2D eigenvalue weighted by Crippen LogP contribution is 2.20. The minimum absolute atomic E-state index is 0.103. The molecule has 1 unspecified atom stereocenters. The molecule has 0 spiro atoms. The summed E-state index contributed by atoms with van der Waals surface area (Å²) in [6.07, 6.45) is 5.24. The van der Waals surface area contributed by atoms with Crippen LogP contribution in [0, 0.1) is 6.92 Å². The van der Waals surface area contributed by atoms with Crippen molar-refractivity contribution in [3.05, 3.63) is 65.7 Å². The number of benzene rings is 2. The molecule has 1 aliphatic carbocycles. The molecule has 1 saturated carbocycles. The van der Waals surface area contributed by atoms with Gasteiger partial charge in [0.25, 0.3) is 0 Å². The Hall–Kier alpha value is -2.71. The number of carbonyl (C=O) groups is 2. The number of sulfonamides is 1. The first kappa shape index (κ1) is 27.9. The number of nitrogens with one attached hydrogen (secondary N) is 1. The van der Waals surface area contributed by atoms with Crippen LogP contribution in [0.15, 0.2) is 59.5 Å². The molecule has 0 radical (unpaired) electrons. The van der Waals surface area contributed by atoms with E-state index in [1.165, 1.54) is 11.4 Å². The third-order valence-electron chi connectivity index (χ3n) is 6.88. The minimum Gasteiger partial charge on any atom is -0.352 e. The van der Waals surface area contributed by atoms with Gasteiger partial charge in [-0.05, 0) is 50.3 Å². The van der Waals surface area contributed by atoms with E-state index in [4.69, 9.17) is 0 Å². The predicted molar refractivity (Wildman–Crippen MR) is 142 cm³/mol. The molecule has 3 rings (SSSR count).